The van der Waals surface area contributed by atoms with Crippen LogP contribution in [0, 0.1) is 0 Å². The summed E-state index contributed by atoms with van der Waals surface area (Å²) in [6.07, 6.45) is 0. The first-order valence-corrected chi connectivity index (χ1v) is 11.2. The number of hydrogen-bond donors (Lipinski definition) is 2. The van der Waals surface area contributed by atoms with Gasteiger partial charge in [0.25, 0.3) is 15.9 Å². The largest absolute Gasteiger partial charge is 0.321 e. The van der Waals surface area contributed by atoms with E-state index in [-0.39, 0.29) is 21.2 Å². The molecule has 0 spiro atoms. The standard InChI is InChI=1S/C23H23ClN2O3S/c1-23(2,3)17-9-12-19(13-10-17)30(28,29)26-18-11-14-21(20(24)15-18)25-22(27)16-7-5-4-6-8-16/h4-15,26H,1-3H3,(H,25,27). The SMILES string of the molecule is CC(C)(C)c1ccc(S(=O)(=O)Nc2ccc(NC(=O)c3ccccc3)c(Cl)c2)cc1. The summed E-state index contributed by atoms with van der Waals surface area (Å²) in [5.41, 5.74) is 2.17. The number of sulfonamides is 1. The highest BCUT2D eigenvalue weighted by molar-refractivity contribution is 7.92. The van der Waals surface area contributed by atoms with E-state index in [1.807, 2.05) is 18.2 Å². The first kappa shape index (κ1) is 21.9. The van der Waals surface area contributed by atoms with Gasteiger partial charge in [-0.1, -0.05) is 62.7 Å². The second-order valence-corrected chi connectivity index (χ2v) is 9.98. The first-order chi connectivity index (χ1) is 14.1. The van der Waals surface area contributed by atoms with Crippen molar-refractivity contribution in [1.29, 1.82) is 0 Å². The Morgan fingerprint density at radius 2 is 1.53 bits per heavy atom. The van der Waals surface area contributed by atoms with Gasteiger partial charge < -0.3 is 5.32 Å². The molecule has 0 saturated heterocycles. The Morgan fingerprint density at radius 1 is 0.900 bits per heavy atom. The lowest BCUT2D eigenvalue weighted by atomic mass is 9.87. The van der Waals surface area contributed by atoms with Crippen LogP contribution in [0.25, 0.3) is 0 Å². The summed E-state index contributed by atoms with van der Waals surface area (Å²) >= 11 is 6.26. The van der Waals surface area contributed by atoms with Crippen LogP contribution in [0.4, 0.5) is 11.4 Å². The molecule has 2 N–H and O–H groups in total. The zero-order valence-corrected chi connectivity index (χ0v) is 18.5. The Hall–Kier alpha value is -2.83. The van der Waals surface area contributed by atoms with Crippen LogP contribution in [-0.2, 0) is 15.4 Å². The predicted molar refractivity (Wildman–Crippen MR) is 122 cm³/mol. The molecule has 0 saturated carbocycles. The Labute approximate surface area is 182 Å². The fourth-order valence-electron chi connectivity index (χ4n) is 2.81. The lowest BCUT2D eigenvalue weighted by Gasteiger charge is -2.19. The number of anilines is 2. The number of rotatable bonds is 5. The lowest BCUT2D eigenvalue weighted by molar-refractivity contribution is 0.102. The maximum absolute atomic E-state index is 12.7. The minimum atomic E-state index is -3.77. The Morgan fingerprint density at radius 3 is 2.10 bits per heavy atom. The summed E-state index contributed by atoms with van der Waals surface area (Å²) in [7, 11) is -3.77. The van der Waals surface area contributed by atoms with E-state index in [1.54, 1.807) is 48.5 Å². The van der Waals surface area contributed by atoms with Crippen LogP contribution in [0.2, 0.25) is 5.02 Å². The Bertz CT molecular complexity index is 1150. The van der Waals surface area contributed by atoms with E-state index in [0.717, 1.165) is 5.56 Å². The van der Waals surface area contributed by atoms with E-state index in [1.165, 1.54) is 6.07 Å². The van der Waals surface area contributed by atoms with Crippen LogP contribution < -0.4 is 10.0 Å². The molecule has 156 valence electrons. The molecule has 3 rings (SSSR count). The van der Waals surface area contributed by atoms with Gasteiger partial charge in [0.1, 0.15) is 0 Å². The number of carbonyl (C=O) groups excluding carboxylic acids is 1. The second kappa shape index (κ2) is 8.50. The smallest absolute Gasteiger partial charge is 0.261 e. The lowest BCUT2D eigenvalue weighted by Crippen LogP contribution is -2.15. The van der Waals surface area contributed by atoms with Gasteiger partial charge in [-0.3, -0.25) is 9.52 Å². The summed E-state index contributed by atoms with van der Waals surface area (Å²) in [4.78, 5) is 12.4. The molecule has 7 heteroatoms. The fourth-order valence-corrected chi connectivity index (χ4v) is 4.09. The van der Waals surface area contributed by atoms with Crippen molar-refractivity contribution in [1.82, 2.24) is 0 Å². The molecule has 30 heavy (non-hydrogen) atoms. The van der Waals surface area contributed by atoms with Crippen molar-refractivity contribution in [2.75, 3.05) is 10.0 Å². The van der Waals surface area contributed by atoms with Gasteiger partial charge in [0, 0.05) is 5.56 Å². The minimum absolute atomic E-state index is 0.0662. The number of benzene rings is 3. The van der Waals surface area contributed by atoms with Gasteiger partial charge in [-0.25, -0.2) is 8.42 Å². The number of nitrogens with one attached hydrogen (secondary N) is 2. The number of amides is 1. The molecule has 1 amide bonds. The highest BCUT2D eigenvalue weighted by Gasteiger charge is 2.18. The van der Waals surface area contributed by atoms with E-state index in [2.05, 4.69) is 30.8 Å². The van der Waals surface area contributed by atoms with Crippen molar-refractivity contribution in [2.45, 2.75) is 31.1 Å². The van der Waals surface area contributed by atoms with Gasteiger partial charge in [0.15, 0.2) is 0 Å². The van der Waals surface area contributed by atoms with Gasteiger partial charge in [-0.15, -0.1) is 0 Å². The van der Waals surface area contributed by atoms with Crippen LogP contribution in [-0.4, -0.2) is 14.3 Å². The molecule has 3 aromatic rings. The van der Waals surface area contributed by atoms with Crippen molar-refractivity contribution in [3.8, 4) is 0 Å². The molecule has 0 aliphatic rings. The van der Waals surface area contributed by atoms with E-state index in [4.69, 9.17) is 11.6 Å². The van der Waals surface area contributed by atoms with Crippen LogP contribution in [0.3, 0.4) is 0 Å². The van der Waals surface area contributed by atoms with Crippen molar-refractivity contribution in [3.05, 3.63) is 88.9 Å². The second-order valence-electron chi connectivity index (χ2n) is 7.89. The minimum Gasteiger partial charge on any atom is -0.321 e. The van der Waals surface area contributed by atoms with E-state index in [0.29, 0.717) is 16.9 Å². The predicted octanol–water partition coefficient (Wildman–Crippen LogP) is 5.69. The van der Waals surface area contributed by atoms with Gasteiger partial charge in [-0.05, 0) is 53.4 Å². The highest BCUT2D eigenvalue weighted by atomic mass is 35.5. The Kier molecular flexibility index (Phi) is 6.19. The molecule has 0 bridgehead atoms. The summed E-state index contributed by atoms with van der Waals surface area (Å²) in [6.45, 7) is 6.19. The van der Waals surface area contributed by atoms with Crippen LogP contribution in [0.1, 0.15) is 36.7 Å². The zero-order valence-electron chi connectivity index (χ0n) is 16.9. The van der Waals surface area contributed by atoms with Crippen molar-refractivity contribution >= 4 is 38.9 Å². The van der Waals surface area contributed by atoms with Gasteiger partial charge in [0.2, 0.25) is 0 Å². The highest BCUT2D eigenvalue weighted by Crippen LogP contribution is 2.28. The quantitative estimate of drug-likeness (QED) is 0.532. The molecule has 0 atom stereocenters. The fraction of sp³-hybridized carbons (Fsp3) is 0.174. The normalized spacial score (nSPS) is 11.7. The molecular weight excluding hydrogens is 420 g/mol. The maximum Gasteiger partial charge on any atom is 0.261 e. The van der Waals surface area contributed by atoms with Crippen LogP contribution in [0.15, 0.2) is 77.7 Å². The Balaban J connectivity index is 1.75. The average Bonchev–Trinajstić information content (AvgIpc) is 2.70. The molecule has 0 aliphatic heterocycles. The number of halogens is 1. The third kappa shape index (κ3) is 5.20. The molecule has 0 unspecified atom stereocenters. The van der Waals surface area contributed by atoms with Gasteiger partial charge in [-0.2, -0.15) is 0 Å². The summed E-state index contributed by atoms with van der Waals surface area (Å²) in [6, 6.07) is 20.1. The third-order valence-electron chi connectivity index (χ3n) is 4.54. The van der Waals surface area contributed by atoms with Gasteiger partial charge in [0.05, 0.1) is 21.3 Å². The zero-order chi connectivity index (χ0) is 21.9. The molecular formula is C23H23ClN2O3S. The summed E-state index contributed by atoms with van der Waals surface area (Å²) in [5, 5.41) is 2.95. The summed E-state index contributed by atoms with van der Waals surface area (Å²) < 4.78 is 27.9. The number of carbonyl (C=O) groups is 1. The first-order valence-electron chi connectivity index (χ1n) is 9.35. The monoisotopic (exact) mass is 442 g/mol. The topological polar surface area (TPSA) is 75.3 Å². The van der Waals surface area contributed by atoms with Crippen molar-refractivity contribution < 1.29 is 13.2 Å². The van der Waals surface area contributed by atoms with Gasteiger partial charge >= 0.3 is 0 Å². The molecule has 0 radical (unpaired) electrons. The molecule has 0 aliphatic carbocycles. The maximum atomic E-state index is 12.7. The van der Waals surface area contributed by atoms with Crippen LogP contribution >= 0.6 is 11.6 Å². The molecule has 0 heterocycles. The molecule has 3 aromatic carbocycles. The van der Waals surface area contributed by atoms with E-state index in [9.17, 15) is 13.2 Å². The molecule has 5 nitrogen and oxygen atoms in total. The van der Waals surface area contributed by atoms with Crippen molar-refractivity contribution in [2.24, 2.45) is 0 Å². The van der Waals surface area contributed by atoms with Crippen LogP contribution in [0.5, 0.6) is 0 Å². The molecule has 0 fully saturated rings. The number of hydrogen-bond acceptors (Lipinski definition) is 3. The molecule has 0 aromatic heterocycles. The van der Waals surface area contributed by atoms with E-state index < -0.39 is 10.0 Å². The average molecular weight is 443 g/mol. The van der Waals surface area contributed by atoms with Crippen molar-refractivity contribution in [3.63, 3.8) is 0 Å². The van der Waals surface area contributed by atoms with E-state index >= 15 is 0 Å². The third-order valence-corrected chi connectivity index (χ3v) is 6.25. The summed E-state index contributed by atoms with van der Waals surface area (Å²) in [5.74, 6) is -0.301.